The zero-order valence-corrected chi connectivity index (χ0v) is 11.8. The van der Waals surface area contributed by atoms with Crippen LogP contribution in [0.2, 0.25) is 0 Å². The van der Waals surface area contributed by atoms with E-state index in [9.17, 15) is 19.1 Å². The number of nitrogens with zero attached hydrogens (tertiary/aromatic N) is 1. The van der Waals surface area contributed by atoms with Crippen LogP contribution >= 0.6 is 11.3 Å². The molecule has 2 aromatic rings. The first-order valence-corrected chi connectivity index (χ1v) is 7.05. The van der Waals surface area contributed by atoms with Crippen molar-refractivity contribution in [2.75, 3.05) is 0 Å². The van der Waals surface area contributed by atoms with Crippen molar-refractivity contribution in [1.29, 1.82) is 0 Å². The molecule has 0 saturated carbocycles. The van der Waals surface area contributed by atoms with Crippen molar-refractivity contribution in [3.05, 3.63) is 51.7 Å². The summed E-state index contributed by atoms with van der Waals surface area (Å²) < 4.78 is 12.7. The van der Waals surface area contributed by atoms with Crippen molar-refractivity contribution in [2.24, 2.45) is 0 Å². The number of aliphatic carboxylic acids is 1. The summed E-state index contributed by atoms with van der Waals surface area (Å²) in [5.74, 6) is -1.76. The second-order valence-corrected chi connectivity index (χ2v) is 5.30. The first-order chi connectivity index (χ1) is 10.0. The van der Waals surface area contributed by atoms with Crippen molar-refractivity contribution < 1.29 is 19.1 Å². The third kappa shape index (κ3) is 4.96. The minimum absolute atomic E-state index is 0.0823. The molecule has 0 unspecified atom stereocenters. The lowest BCUT2D eigenvalue weighted by Gasteiger charge is -2.04. The predicted octanol–water partition coefficient (Wildman–Crippen LogP) is 0.433. The second kappa shape index (κ2) is 6.94. The number of carboxylic acid groups (broad SMARTS) is 1. The molecule has 1 aromatic heterocycles. The molecule has 0 aliphatic carbocycles. The van der Waals surface area contributed by atoms with Gasteiger partial charge in [-0.2, -0.15) is 0 Å². The smallest absolute Gasteiger partial charge is 0.227 e. The minimum Gasteiger partial charge on any atom is -0.550 e. The van der Waals surface area contributed by atoms with Crippen LogP contribution in [0.3, 0.4) is 0 Å². The maximum atomic E-state index is 12.7. The quantitative estimate of drug-likeness (QED) is 0.839. The summed E-state index contributed by atoms with van der Waals surface area (Å²) in [4.78, 5) is 26.2. The van der Waals surface area contributed by atoms with E-state index in [0.717, 1.165) is 5.56 Å². The molecule has 1 amide bonds. The van der Waals surface area contributed by atoms with Gasteiger partial charge in [0.1, 0.15) is 10.8 Å². The Morgan fingerprint density at radius 2 is 1.95 bits per heavy atom. The van der Waals surface area contributed by atoms with Crippen LogP contribution in [0.5, 0.6) is 0 Å². The predicted molar refractivity (Wildman–Crippen MR) is 72.8 cm³/mol. The van der Waals surface area contributed by atoms with Gasteiger partial charge in [-0.3, -0.25) is 4.79 Å². The number of rotatable bonds is 6. The van der Waals surface area contributed by atoms with Gasteiger partial charge in [-0.1, -0.05) is 12.1 Å². The van der Waals surface area contributed by atoms with Crippen LogP contribution in [-0.2, 0) is 29.0 Å². The molecule has 5 nitrogen and oxygen atoms in total. The molecule has 110 valence electrons. The fourth-order valence-electron chi connectivity index (χ4n) is 1.66. The van der Waals surface area contributed by atoms with E-state index in [2.05, 4.69) is 10.3 Å². The molecule has 0 saturated heterocycles. The van der Waals surface area contributed by atoms with Crippen molar-refractivity contribution in [2.45, 2.75) is 19.4 Å². The van der Waals surface area contributed by atoms with E-state index in [0.29, 0.717) is 17.2 Å². The monoisotopic (exact) mass is 307 g/mol. The molecule has 0 radical (unpaired) electrons. The van der Waals surface area contributed by atoms with Gasteiger partial charge in [0, 0.05) is 24.3 Å². The van der Waals surface area contributed by atoms with E-state index in [1.165, 1.54) is 23.5 Å². The molecule has 1 N–H and O–H groups in total. The lowest BCUT2D eigenvalue weighted by Crippen LogP contribution is -2.25. The van der Waals surface area contributed by atoms with E-state index in [1.807, 2.05) is 0 Å². The minimum atomic E-state index is -1.20. The molecular weight excluding hydrogens is 295 g/mol. The Hall–Kier alpha value is -2.28. The first-order valence-electron chi connectivity index (χ1n) is 6.17. The number of carbonyl (C=O) groups excluding carboxylic acids is 2. The number of carboxylic acids is 1. The molecule has 21 heavy (non-hydrogen) atoms. The van der Waals surface area contributed by atoms with Gasteiger partial charge in [-0.15, -0.1) is 11.3 Å². The zero-order valence-electron chi connectivity index (χ0n) is 11.0. The number of nitrogens with one attached hydrogen (secondary N) is 1. The normalized spacial score (nSPS) is 10.3. The highest BCUT2D eigenvalue weighted by atomic mass is 32.1. The van der Waals surface area contributed by atoms with E-state index in [1.54, 1.807) is 17.5 Å². The van der Waals surface area contributed by atoms with E-state index < -0.39 is 5.97 Å². The van der Waals surface area contributed by atoms with E-state index in [-0.39, 0.29) is 24.6 Å². The average Bonchev–Trinajstić information content (AvgIpc) is 2.84. The van der Waals surface area contributed by atoms with Crippen molar-refractivity contribution in [3.8, 4) is 0 Å². The van der Waals surface area contributed by atoms with Gasteiger partial charge in [0.25, 0.3) is 0 Å². The molecule has 0 spiro atoms. The third-order valence-corrected chi connectivity index (χ3v) is 3.54. The van der Waals surface area contributed by atoms with Gasteiger partial charge in [-0.05, 0) is 17.7 Å². The molecular formula is C14H12FN2O3S-. The number of carbonyl (C=O) groups is 2. The van der Waals surface area contributed by atoms with Gasteiger partial charge < -0.3 is 15.2 Å². The van der Waals surface area contributed by atoms with E-state index in [4.69, 9.17) is 0 Å². The lowest BCUT2D eigenvalue weighted by atomic mass is 10.2. The Kier molecular flexibility index (Phi) is 4.99. The van der Waals surface area contributed by atoms with Gasteiger partial charge in [0.2, 0.25) is 5.91 Å². The fraction of sp³-hybridized carbons (Fsp3) is 0.214. The molecule has 1 heterocycles. The van der Waals surface area contributed by atoms with Crippen LogP contribution in [0.15, 0.2) is 29.6 Å². The number of aromatic nitrogens is 1. The summed E-state index contributed by atoms with van der Waals surface area (Å²) >= 11 is 1.23. The molecule has 0 aliphatic heterocycles. The van der Waals surface area contributed by atoms with Crippen molar-refractivity contribution >= 4 is 23.2 Å². The summed E-state index contributed by atoms with van der Waals surface area (Å²) in [7, 11) is 0. The number of hydrogen-bond acceptors (Lipinski definition) is 5. The van der Waals surface area contributed by atoms with Crippen molar-refractivity contribution in [3.63, 3.8) is 0 Å². The van der Waals surface area contributed by atoms with Gasteiger partial charge in [0.05, 0.1) is 12.1 Å². The SMILES string of the molecule is O=C([O-])Cc1csc(CC(=O)NCc2ccc(F)cc2)n1. The molecule has 0 aliphatic rings. The zero-order chi connectivity index (χ0) is 15.2. The van der Waals surface area contributed by atoms with Crippen LogP contribution in [-0.4, -0.2) is 16.9 Å². The summed E-state index contributed by atoms with van der Waals surface area (Å²) in [6.07, 6.45) is -0.174. The number of halogens is 1. The van der Waals surface area contributed by atoms with Crippen LogP contribution < -0.4 is 10.4 Å². The van der Waals surface area contributed by atoms with Crippen LogP contribution in [0, 0.1) is 5.82 Å². The highest BCUT2D eigenvalue weighted by Gasteiger charge is 2.08. The highest BCUT2D eigenvalue weighted by Crippen LogP contribution is 2.11. The second-order valence-electron chi connectivity index (χ2n) is 4.36. The van der Waals surface area contributed by atoms with Gasteiger partial charge in [-0.25, -0.2) is 9.37 Å². The molecule has 0 atom stereocenters. The summed E-state index contributed by atoms with van der Waals surface area (Å²) in [5, 5.41) is 15.3. The van der Waals surface area contributed by atoms with Crippen LogP contribution in [0.1, 0.15) is 16.3 Å². The number of amides is 1. The Morgan fingerprint density at radius 1 is 1.24 bits per heavy atom. The topological polar surface area (TPSA) is 82.1 Å². The Bertz CT molecular complexity index is 640. The summed E-state index contributed by atoms with van der Waals surface area (Å²) in [6.45, 7) is 0.302. The Balaban J connectivity index is 1.82. The molecule has 2 rings (SSSR count). The summed E-state index contributed by atoms with van der Waals surface area (Å²) in [6, 6.07) is 5.84. The largest absolute Gasteiger partial charge is 0.550 e. The lowest BCUT2D eigenvalue weighted by molar-refractivity contribution is -0.304. The van der Waals surface area contributed by atoms with Crippen molar-refractivity contribution in [1.82, 2.24) is 10.3 Å². The van der Waals surface area contributed by atoms with Crippen LogP contribution in [0.25, 0.3) is 0 Å². The Labute approximate surface area is 124 Å². The maximum Gasteiger partial charge on any atom is 0.227 e. The molecule has 0 fully saturated rings. The molecule has 1 aromatic carbocycles. The number of thiazole rings is 1. The van der Waals surface area contributed by atoms with Gasteiger partial charge in [0.15, 0.2) is 0 Å². The Morgan fingerprint density at radius 3 is 2.62 bits per heavy atom. The van der Waals surface area contributed by atoms with Gasteiger partial charge >= 0.3 is 0 Å². The third-order valence-electron chi connectivity index (χ3n) is 2.64. The molecule has 7 heteroatoms. The average molecular weight is 307 g/mol. The van der Waals surface area contributed by atoms with E-state index >= 15 is 0 Å². The maximum absolute atomic E-state index is 12.7. The fourth-order valence-corrected chi connectivity index (χ4v) is 2.45. The van der Waals surface area contributed by atoms with Crippen LogP contribution in [0.4, 0.5) is 4.39 Å². The number of hydrogen-bond donors (Lipinski definition) is 1. The molecule has 0 bridgehead atoms. The standard InChI is InChI=1S/C14H13FN2O3S/c15-10-3-1-9(2-4-10)7-16-12(18)6-13-17-11(8-21-13)5-14(19)20/h1-4,8H,5-7H2,(H,16,18)(H,19,20)/p-1. The number of benzene rings is 1. The summed E-state index contributed by atoms with van der Waals surface area (Å²) in [5.41, 5.74) is 1.18. The highest BCUT2D eigenvalue weighted by molar-refractivity contribution is 7.09. The first kappa shape index (κ1) is 15.1.